The molecule has 106 valence electrons. The van der Waals surface area contributed by atoms with Crippen molar-refractivity contribution < 1.29 is 4.79 Å². The van der Waals surface area contributed by atoms with Crippen LogP contribution in [-0.2, 0) is 0 Å². The number of benzene rings is 3. The smallest absolute Gasteiger partial charge is 0.182 e. The second-order valence-corrected chi connectivity index (χ2v) is 5.31. The van der Waals surface area contributed by atoms with Gasteiger partial charge in [0.2, 0.25) is 0 Å². The minimum absolute atomic E-state index is 0.0865. The van der Waals surface area contributed by atoms with Crippen LogP contribution in [0.1, 0.15) is 10.4 Å². The number of carbonyl (C=O) groups is 1. The van der Waals surface area contributed by atoms with E-state index in [-0.39, 0.29) is 5.78 Å². The summed E-state index contributed by atoms with van der Waals surface area (Å²) < 4.78 is 0. The van der Waals surface area contributed by atoms with Gasteiger partial charge in [-0.15, -0.1) is 0 Å². The predicted octanol–water partition coefficient (Wildman–Crippen LogP) is 4.20. The van der Waals surface area contributed by atoms with Crippen LogP contribution in [-0.4, -0.2) is 18.7 Å². The Kier molecular flexibility index (Phi) is 2.97. The summed E-state index contributed by atoms with van der Waals surface area (Å²) in [4.78, 5) is 18.9. The van der Waals surface area contributed by atoms with Crippen LogP contribution in [0.4, 0.5) is 11.4 Å². The monoisotopic (exact) mass is 286 g/mol. The maximum atomic E-state index is 12.4. The van der Waals surface area contributed by atoms with Crippen molar-refractivity contribution in [2.75, 3.05) is 11.4 Å². The molecular formula is C19H14N2O. The van der Waals surface area contributed by atoms with Crippen molar-refractivity contribution in [3.05, 3.63) is 72.3 Å². The molecule has 0 atom stereocenters. The second-order valence-electron chi connectivity index (χ2n) is 5.31. The predicted molar refractivity (Wildman–Crippen MR) is 90.2 cm³/mol. The Hall–Kier alpha value is -2.94. The quantitative estimate of drug-likeness (QED) is 0.676. The number of nitrogens with zero attached hydrogens (tertiary/aromatic N) is 2. The molecule has 0 spiro atoms. The van der Waals surface area contributed by atoms with Gasteiger partial charge in [0, 0.05) is 10.9 Å². The van der Waals surface area contributed by atoms with Crippen LogP contribution < -0.4 is 4.90 Å². The van der Waals surface area contributed by atoms with Crippen LogP contribution in [0.2, 0.25) is 0 Å². The molecule has 4 rings (SSSR count). The van der Waals surface area contributed by atoms with E-state index >= 15 is 0 Å². The summed E-state index contributed by atoms with van der Waals surface area (Å²) in [6.07, 6.45) is 1.75. The van der Waals surface area contributed by atoms with E-state index in [0.717, 1.165) is 27.7 Å². The van der Waals surface area contributed by atoms with E-state index in [2.05, 4.69) is 17.1 Å². The maximum absolute atomic E-state index is 12.4. The van der Waals surface area contributed by atoms with Crippen molar-refractivity contribution in [3.8, 4) is 0 Å². The third-order valence-electron chi connectivity index (χ3n) is 3.92. The minimum Gasteiger partial charge on any atom is -0.324 e. The normalized spacial score (nSPS) is 12.6. The van der Waals surface area contributed by atoms with Crippen molar-refractivity contribution in [2.45, 2.75) is 0 Å². The van der Waals surface area contributed by atoms with Gasteiger partial charge in [0.05, 0.1) is 24.3 Å². The number of Topliss-reactive ketones (excluding diaryl/α,β-unsaturated/α-hetero) is 1. The SMILES string of the molecule is O=C(CN1C=Nc2cccc3cccc1c23)c1ccccc1. The van der Waals surface area contributed by atoms with Gasteiger partial charge in [0.1, 0.15) is 0 Å². The summed E-state index contributed by atoms with van der Waals surface area (Å²) in [5.74, 6) is 0.0865. The Bertz CT molecular complexity index is 879. The molecule has 0 bridgehead atoms. The maximum Gasteiger partial charge on any atom is 0.182 e. The molecule has 0 aromatic heterocycles. The highest BCUT2D eigenvalue weighted by Gasteiger charge is 2.18. The lowest BCUT2D eigenvalue weighted by molar-refractivity contribution is 0.100. The molecule has 0 saturated heterocycles. The van der Waals surface area contributed by atoms with Crippen molar-refractivity contribution in [1.29, 1.82) is 0 Å². The summed E-state index contributed by atoms with van der Waals surface area (Å²) in [6, 6.07) is 21.6. The van der Waals surface area contributed by atoms with Crippen LogP contribution in [0.5, 0.6) is 0 Å². The van der Waals surface area contributed by atoms with E-state index in [1.165, 1.54) is 0 Å². The first-order valence-electron chi connectivity index (χ1n) is 7.24. The molecule has 0 saturated carbocycles. The van der Waals surface area contributed by atoms with Crippen LogP contribution in [0.25, 0.3) is 10.8 Å². The number of carbonyl (C=O) groups excluding carboxylic acids is 1. The van der Waals surface area contributed by atoms with Crippen molar-refractivity contribution in [1.82, 2.24) is 0 Å². The number of aliphatic imine (C=N–C) groups is 1. The van der Waals surface area contributed by atoms with Gasteiger partial charge in [-0.3, -0.25) is 4.79 Å². The molecule has 3 aromatic rings. The molecule has 0 radical (unpaired) electrons. The summed E-state index contributed by atoms with van der Waals surface area (Å²) in [7, 11) is 0. The highest BCUT2D eigenvalue weighted by Crippen LogP contribution is 2.36. The van der Waals surface area contributed by atoms with Crippen molar-refractivity contribution in [3.63, 3.8) is 0 Å². The molecule has 1 aliphatic heterocycles. The molecule has 1 heterocycles. The standard InChI is InChI=1S/C19H14N2O/c22-18(14-6-2-1-3-7-14)12-21-13-20-16-10-4-8-15-9-5-11-17(21)19(15)16/h1-11,13H,12H2. The Labute approximate surface area is 128 Å². The lowest BCUT2D eigenvalue weighted by Gasteiger charge is -2.24. The fourth-order valence-electron chi connectivity index (χ4n) is 2.84. The molecular weight excluding hydrogens is 272 g/mol. The first kappa shape index (κ1) is 12.8. The Morgan fingerprint density at radius 1 is 0.909 bits per heavy atom. The summed E-state index contributed by atoms with van der Waals surface area (Å²) in [5, 5.41) is 2.25. The lowest BCUT2D eigenvalue weighted by Crippen LogP contribution is -2.29. The summed E-state index contributed by atoms with van der Waals surface area (Å²) in [6.45, 7) is 0.293. The average molecular weight is 286 g/mol. The van der Waals surface area contributed by atoms with Gasteiger partial charge in [-0.25, -0.2) is 4.99 Å². The van der Waals surface area contributed by atoms with E-state index < -0.39 is 0 Å². The first-order valence-corrected chi connectivity index (χ1v) is 7.24. The molecule has 0 N–H and O–H groups in total. The number of rotatable bonds is 3. The van der Waals surface area contributed by atoms with E-state index in [1.54, 1.807) is 6.34 Å². The number of hydrogen-bond acceptors (Lipinski definition) is 3. The van der Waals surface area contributed by atoms with Crippen molar-refractivity contribution >= 4 is 34.3 Å². The van der Waals surface area contributed by atoms with Gasteiger partial charge in [-0.1, -0.05) is 54.6 Å². The van der Waals surface area contributed by atoms with Crippen LogP contribution in [0.3, 0.4) is 0 Å². The molecule has 3 aromatic carbocycles. The average Bonchev–Trinajstić information content (AvgIpc) is 2.58. The fourth-order valence-corrected chi connectivity index (χ4v) is 2.84. The van der Waals surface area contributed by atoms with Gasteiger partial charge in [0.15, 0.2) is 5.78 Å². The zero-order valence-electron chi connectivity index (χ0n) is 11.9. The largest absolute Gasteiger partial charge is 0.324 e. The third kappa shape index (κ3) is 2.07. The van der Waals surface area contributed by atoms with Gasteiger partial charge in [-0.05, 0) is 17.5 Å². The Morgan fingerprint density at radius 2 is 1.68 bits per heavy atom. The minimum atomic E-state index is 0.0865. The molecule has 0 unspecified atom stereocenters. The first-order chi connectivity index (χ1) is 10.8. The van der Waals surface area contributed by atoms with E-state index in [4.69, 9.17) is 0 Å². The van der Waals surface area contributed by atoms with Gasteiger partial charge in [0.25, 0.3) is 0 Å². The zero-order chi connectivity index (χ0) is 14.9. The highest BCUT2D eigenvalue weighted by molar-refractivity contribution is 6.12. The van der Waals surface area contributed by atoms with Crippen molar-refractivity contribution in [2.24, 2.45) is 4.99 Å². The number of ketones is 1. The zero-order valence-corrected chi connectivity index (χ0v) is 11.9. The number of anilines is 1. The Morgan fingerprint density at radius 3 is 2.50 bits per heavy atom. The molecule has 0 fully saturated rings. The van der Waals surface area contributed by atoms with Crippen LogP contribution in [0, 0.1) is 0 Å². The molecule has 3 nitrogen and oxygen atoms in total. The molecule has 0 amide bonds. The van der Waals surface area contributed by atoms with Gasteiger partial charge < -0.3 is 4.90 Å². The second kappa shape index (κ2) is 5.11. The molecule has 0 aliphatic carbocycles. The summed E-state index contributed by atoms with van der Waals surface area (Å²) >= 11 is 0. The molecule has 3 heteroatoms. The van der Waals surface area contributed by atoms with Crippen LogP contribution in [0.15, 0.2) is 71.7 Å². The van der Waals surface area contributed by atoms with E-state index in [9.17, 15) is 4.79 Å². The molecule has 22 heavy (non-hydrogen) atoms. The van der Waals surface area contributed by atoms with Gasteiger partial charge >= 0.3 is 0 Å². The lowest BCUT2D eigenvalue weighted by atomic mass is 10.0. The van der Waals surface area contributed by atoms with E-state index in [0.29, 0.717) is 6.54 Å². The molecule has 1 aliphatic rings. The number of hydrogen-bond donors (Lipinski definition) is 0. The highest BCUT2D eigenvalue weighted by atomic mass is 16.1. The third-order valence-corrected chi connectivity index (χ3v) is 3.92. The van der Waals surface area contributed by atoms with E-state index in [1.807, 2.05) is 59.5 Å². The van der Waals surface area contributed by atoms with Gasteiger partial charge in [-0.2, -0.15) is 0 Å². The topological polar surface area (TPSA) is 32.7 Å². The Balaban J connectivity index is 1.72. The van der Waals surface area contributed by atoms with Crippen LogP contribution >= 0.6 is 0 Å². The summed E-state index contributed by atoms with van der Waals surface area (Å²) in [5.41, 5.74) is 2.71. The fraction of sp³-hybridized carbons (Fsp3) is 0.0526.